The van der Waals surface area contributed by atoms with Crippen LogP contribution in [0.25, 0.3) is 0 Å². The highest BCUT2D eigenvalue weighted by Gasteiger charge is 2.16. The second kappa shape index (κ2) is 8.02. The first-order valence-electron chi connectivity index (χ1n) is 7.81. The summed E-state index contributed by atoms with van der Waals surface area (Å²) in [5.41, 5.74) is 8.87. The summed E-state index contributed by atoms with van der Waals surface area (Å²) >= 11 is 5.90. The topological polar surface area (TPSA) is 46.3 Å². The Morgan fingerprint density at radius 3 is 2.48 bits per heavy atom. The summed E-state index contributed by atoms with van der Waals surface area (Å²) in [5, 5.41) is 0.728. The Morgan fingerprint density at radius 1 is 1.17 bits per heavy atom. The van der Waals surface area contributed by atoms with Crippen LogP contribution in [-0.4, -0.2) is 23.9 Å². The Bertz CT molecular complexity index is 655. The van der Waals surface area contributed by atoms with E-state index in [1.165, 1.54) is 5.56 Å². The van der Waals surface area contributed by atoms with Crippen LogP contribution < -0.4 is 5.73 Å². The van der Waals surface area contributed by atoms with Gasteiger partial charge in [0.1, 0.15) is 0 Å². The number of carbonyl (C=O) groups excluding carboxylic acids is 1. The van der Waals surface area contributed by atoms with Gasteiger partial charge < -0.3 is 10.6 Å². The average molecular weight is 331 g/mol. The lowest BCUT2D eigenvalue weighted by Crippen LogP contribution is -2.36. The van der Waals surface area contributed by atoms with E-state index in [0.717, 1.165) is 22.7 Å². The molecule has 0 radical (unpaired) electrons. The molecule has 1 unspecified atom stereocenters. The number of carbonyl (C=O) groups is 1. The number of hydrogen-bond donors (Lipinski definition) is 1. The highest BCUT2D eigenvalue weighted by atomic mass is 35.5. The summed E-state index contributed by atoms with van der Waals surface area (Å²) in [6, 6.07) is 15.6. The Morgan fingerprint density at radius 2 is 1.83 bits per heavy atom. The highest BCUT2D eigenvalue weighted by Crippen LogP contribution is 2.16. The van der Waals surface area contributed by atoms with Gasteiger partial charge in [-0.1, -0.05) is 41.9 Å². The maximum Gasteiger partial charge on any atom is 0.222 e. The molecule has 2 rings (SSSR count). The standard InChI is InChI=1S/C19H23ClN2O/c1-14(13-15-7-10-17(20)11-8-15)22(2)19(23)12-9-16-5-3-4-6-18(16)21/h3-8,10-11,14H,9,12-13,21H2,1-2H3. The van der Waals surface area contributed by atoms with E-state index in [2.05, 4.69) is 6.92 Å². The molecule has 0 aliphatic rings. The van der Waals surface area contributed by atoms with Gasteiger partial charge in [0.05, 0.1) is 0 Å². The first kappa shape index (κ1) is 17.4. The Hall–Kier alpha value is -2.00. The number of rotatable bonds is 6. The number of para-hydroxylation sites is 1. The number of hydrogen-bond acceptors (Lipinski definition) is 2. The summed E-state index contributed by atoms with van der Waals surface area (Å²) in [6.07, 6.45) is 1.95. The van der Waals surface area contributed by atoms with Crippen LogP contribution in [0.1, 0.15) is 24.5 Å². The van der Waals surface area contributed by atoms with Gasteiger partial charge in [-0.05, 0) is 49.1 Å². The zero-order chi connectivity index (χ0) is 16.8. The predicted molar refractivity (Wildman–Crippen MR) is 96.6 cm³/mol. The fraction of sp³-hybridized carbons (Fsp3) is 0.316. The van der Waals surface area contributed by atoms with E-state index in [-0.39, 0.29) is 11.9 Å². The second-order valence-corrected chi connectivity index (χ2v) is 6.32. The molecule has 2 aromatic carbocycles. The maximum atomic E-state index is 12.4. The fourth-order valence-electron chi connectivity index (χ4n) is 2.52. The minimum Gasteiger partial charge on any atom is -0.399 e. The number of likely N-dealkylation sites (N-methyl/N-ethyl adjacent to an activating group) is 1. The van der Waals surface area contributed by atoms with E-state index in [4.69, 9.17) is 17.3 Å². The molecule has 0 saturated carbocycles. The molecule has 2 aromatic rings. The van der Waals surface area contributed by atoms with Gasteiger partial charge in [0.15, 0.2) is 0 Å². The van der Waals surface area contributed by atoms with Crippen LogP contribution in [0.15, 0.2) is 48.5 Å². The van der Waals surface area contributed by atoms with Gasteiger partial charge in [-0.15, -0.1) is 0 Å². The SMILES string of the molecule is CC(Cc1ccc(Cl)cc1)N(C)C(=O)CCc1ccccc1N. The van der Waals surface area contributed by atoms with Crippen molar-refractivity contribution in [1.82, 2.24) is 4.90 Å². The normalized spacial score (nSPS) is 12.0. The Kier molecular flexibility index (Phi) is 6.05. The van der Waals surface area contributed by atoms with Gasteiger partial charge in [0.25, 0.3) is 0 Å². The van der Waals surface area contributed by atoms with Gasteiger partial charge in [0, 0.05) is 30.2 Å². The molecular weight excluding hydrogens is 308 g/mol. The van der Waals surface area contributed by atoms with Crippen molar-refractivity contribution in [3.63, 3.8) is 0 Å². The Balaban J connectivity index is 1.88. The summed E-state index contributed by atoms with van der Waals surface area (Å²) in [7, 11) is 1.86. The molecule has 4 heteroatoms. The van der Waals surface area contributed by atoms with Crippen LogP contribution in [-0.2, 0) is 17.6 Å². The molecule has 1 atom stereocenters. The molecule has 0 aliphatic heterocycles. The number of nitrogens with zero attached hydrogens (tertiary/aromatic N) is 1. The lowest BCUT2D eigenvalue weighted by Gasteiger charge is -2.25. The minimum absolute atomic E-state index is 0.134. The number of nitrogen functional groups attached to an aromatic ring is 1. The lowest BCUT2D eigenvalue weighted by molar-refractivity contribution is -0.131. The van der Waals surface area contributed by atoms with E-state index in [9.17, 15) is 4.79 Å². The third-order valence-corrected chi connectivity index (χ3v) is 4.41. The van der Waals surface area contributed by atoms with Crippen molar-refractivity contribution in [2.24, 2.45) is 0 Å². The molecule has 0 saturated heterocycles. The lowest BCUT2D eigenvalue weighted by atomic mass is 10.0. The number of nitrogens with two attached hydrogens (primary N) is 1. The van der Waals surface area contributed by atoms with Crippen molar-refractivity contribution >= 4 is 23.2 Å². The van der Waals surface area contributed by atoms with E-state index in [0.29, 0.717) is 12.8 Å². The number of aryl methyl sites for hydroxylation is 1. The van der Waals surface area contributed by atoms with Gasteiger partial charge in [0.2, 0.25) is 5.91 Å². The molecule has 2 N–H and O–H groups in total. The van der Waals surface area contributed by atoms with Crippen molar-refractivity contribution in [3.8, 4) is 0 Å². The molecule has 0 fully saturated rings. The number of amides is 1. The number of halogens is 1. The van der Waals surface area contributed by atoms with Crippen LogP contribution in [0.3, 0.4) is 0 Å². The molecule has 1 amide bonds. The van der Waals surface area contributed by atoms with Gasteiger partial charge in [-0.2, -0.15) is 0 Å². The van der Waals surface area contributed by atoms with Gasteiger partial charge >= 0.3 is 0 Å². The molecule has 0 spiro atoms. The maximum absolute atomic E-state index is 12.4. The Labute approximate surface area is 143 Å². The first-order valence-corrected chi connectivity index (χ1v) is 8.18. The molecule has 0 aromatic heterocycles. The molecule has 0 aliphatic carbocycles. The summed E-state index contributed by atoms with van der Waals surface area (Å²) in [5.74, 6) is 0.134. The highest BCUT2D eigenvalue weighted by molar-refractivity contribution is 6.30. The predicted octanol–water partition coefficient (Wildman–Crippen LogP) is 3.94. The smallest absolute Gasteiger partial charge is 0.222 e. The third-order valence-electron chi connectivity index (χ3n) is 4.16. The quantitative estimate of drug-likeness (QED) is 0.815. The largest absolute Gasteiger partial charge is 0.399 e. The van der Waals surface area contributed by atoms with Crippen molar-refractivity contribution in [2.45, 2.75) is 32.2 Å². The van der Waals surface area contributed by atoms with Crippen molar-refractivity contribution in [3.05, 3.63) is 64.7 Å². The van der Waals surface area contributed by atoms with Crippen LogP contribution >= 0.6 is 11.6 Å². The number of benzene rings is 2. The molecule has 23 heavy (non-hydrogen) atoms. The molecule has 0 heterocycles. The van der Waals surface area contributed by atoms with E-state index >= 15 is 0 Å². The second-order valence-electron chi connectivity index (χ2n) is 5.88. The fourth-order valence-corrected chi connectivity index (χ4v) is 2.65. The number of anilines is 1. The molecular formula is C19H23ClN2O. The average Bonchev–Trinajstić information content (AvgIpc) is 2.55. The van der Waals surface area contributed by atoms with E-state index in [1.54, 1.807) is 0 Å². The van der Waals surface area contributed by atoms with E-state index in [1.807, 2.05) is 60.5 Å². The van der Waals surface area contributed by atoms with E-state index < -0.39 is 0 Å². The van der Waals surface area contributed by atoms with Crippen LogP contribution in [0.4, 0.5) is 5.69 Å². The van der Waals surface area contributed by atoms with Crippen LogP contribution in [0, 0.1) is 0 Å². The van der Waals surface area contributed by atoms with Crippen molar-refractivity contribution in [1.29, 1.82) is 0 Å². The van der Waals surface area contributed by atoms with Crippen molar-refractivity contribution in [2.75, 3.05) is 12.8 Å². The molecule has 122 valence electrons. The first-order chi connectivity index (χ1) is 11.0. The van der Waals surface area contributed by atoms with Crippen LogP contribution in [0.5, 0.6) is 0 Å². The minimum atomic E-state index is 0.134. The van der Waals surface area contributed by atoms with Crippen LogP contribution in [0.2, 0.25) is 5.02 Å². The van der Waals surface area contributed by atoms with Gasteiger partial charge in [-0.25, -0.2) is 0 Å². The zero-order valence-corrected chi connectivity index (χ0v) is 14.4. The van der Waals surface area contributed by atoms with Gasteiger partial charge in [-0.3, -0.25) is 4.79 Å². The summed E-state index contributed by atoms with van der Waals surface area (Å²) in [6.45, 7) is 2.06. The monoisotopic (exact) mass is 330 g/mol. The van der Waals surface area contributed by atoms with Crippen molar-refractivity contribution < 1.29 is 4.79 Å². The summed E-state index contributed by atoms with van der Waals surface area (Å²) in [4.78, 5) is 14.2. The third kappa shape index (κ3) is 5.00. The summed E-state index contributed by atoms with van der Waals surface area (Å²) < 4.78 is 0. The molecule has 0 bridgehead atoms. The molecule has 3 nitrogen and oxygen atoms in total. The zero-order valence-electron chi connectivity index (χ0n) is 13.6.